The van der Waals surface area contributed by atoms with Gasteiger partial charge in [-0.15, -0.1) is 0 Å². The Morgan fingerprint density at radius 1 is 0.680 bits per heavy atom. The highest BCUT2D eigenvalue weighted by atomic mass is 28.3. The van der Waals surface area contributed by atoms with Gasteiger partial charge in [-0.25, -0.2) is 0 Å². The monoisotopic (exact) mass is 398 g/mol. The number of rotatable bonds is 6. The second-order valence-corrected chi connectivity index (χ2v) is 12.9. The maximum absolute atomic E-state index is 5.80. The topological polar surface area (TPSA) is 18.5 Å². The molecule has 0 saturated carbocycles. The molecule has 3 aromatic rings. The van der Waals surface area contributed by atoms with E-state index in [1.807, 2.05) is 18.2 Å². The first-order chi connectivity index (χ1) is 12.3. The molecular weight excluding hydrogens is 373 g/mol. The zero-order chi connectivity index (χ0) is 17.7. The van der Waals surface area contributed by atoms with Crippen molar-refractivity contribution in [3.63, 3.8) is 0 Å². The summed E-state index contributed by atoms with van der Waals surface area (Å²) in [7, 11) is 0.132. The van der Waals surface area contributed by atoms with Crippen LogP contribution in [0.15, 0.2) is 91.0 Å². The third-order valence-electron chi connectivity index (χ3n) is 3.88. The standard InChI is InChI=1S/C12H14OSi2.C7H12OSi2/c14-13-15(11-7-3-1-4-8-11)12-9-5-2-6-10-12;9-8-10-6-7-4-2-1-3-5-7/h1-10,15H,14H3;1-5H,6,10H2,9H3. The van der Waals surface area contributed by atoms with Crippen molar-refractivity contribution >= 4 is 50.1 Å². The Balaban J connectivity index is 0.000000196. The fourth-order valence-corrected chi connectivity index (χ4v) is 7.68. The molecule has 0 unspecified atom stereocenters. The Morgan fingerprint density at radius 3 is 1.52 bits per heavy atom. The van der Waals surface area contributed by atoms with E-state index in [4.69, 9.17) is 8.23 Å². The van der Waals surface area contributed by atoms with Gasteiger partial charge in [0.05, 0.1) is 0 Å². The molecule has 0 spiro atoms. The Labute approximate surface area is 161 Å². The molecule has 3 rings (SSSR count). The van der Waals surface area contributed by atoms with Gasteiger partial charge >= 0.3 is 0 Å². The molecule has 3 aromatic carbocycles. The Morgan fingerprint density at radius 2 is 1.12 bits per heavy atom. The smallest absolute Gasteiger partial charge is 0.227 e. The first-order valence-corrected chi connectivity index (χ1v) is 13.3. The molecule has 0 aliphatic carbocycles. The number of hydrogen-bond donors (Lipinski definition) is 0. The summed E-state index contributed by atoms with van der Waals surface area (Å²) in [6.07, 6.45) is 0. The first kappa shape index (κ1) is 19.8. The van der Waals surface area contributed by atoms with Gasteiger partial charge in [0.15, 0.2) is 0 Å². The highest BCUT2D eigenvalue weighted by Crippen LogP contribution is 1.97. The Hall–Kier alpha value is -1.55. The van der Waals surface area contributed by atoms with E-state index in [9.17, 15) is 0 Å². The van der Waals surface area contributed by atoms with Crippen molar-refractivity contribution < 1.29 is 8.23 Å². The SMILES string of the molecule is [SiH3]O[SiH2]Cc1ccccc1.[SiH3]O[SiH](c1ccccc1)c1ccccc1. The van der Waals surface area contributed by atoms with Crippen LogP contribution >= 0.6 is 0 Å². The summed E-state index contributed by atoms with van der Waals surface area (Å²) in [6, 6.07) is 32.8. The predicted molar refractivity (Wildman–Crippen MR) is 120 cm³/mol. The van der Waals surface area contributed by atoms with Gasteiger partial charge in [-0.1, -0.05) is 91.0 Å². The lowest BCUT2D eigenvalue weighted by molar-refractivity contribution is 0.660. The summed E-state index contributed by atoms with van der Waals surface area (Å²) < 4.78 is 11.0. The molecule has 0 N–H and O–H groups in total. The van der Waals surface area contributed by atoms with Crippen LogP contribution in [-0.4, -0.2) is 39.8 Å². The lowest BCUT2D eigenvalue weighted by Gasteiger charge is -2.14. The van der Waals surface area contributed by atoms with Crippen molar-refractivity contribution in [2.75, 3.05) is 0 Å². The summed E-state index contributed by atoms with van der Waals surface area (Å²) in [6.45, 7) is 0. The van der Waals surface area contributed by atoms with Gasteiger partial charge in [0.2, 0.25) is 9.04 Å². The number of benzene rings is 3. The quantitative estimate of drug-likeness (QED) is 0.516. The molecule has 0 bridgehead atoms. The summed E-state index contributed by atoms with van der Waals surface area (Å²) in [5.41, 5.74) is 1.42. The Bertz CT molecular complexity index is 657. The molecule has 0 amide bonds. The van der Waals surface area contributed by atoms with Crippen LogP contribution in [0.1, 0.15) is 5.56 Å². The van der Waals surface area contributed by atoms with Gasteiger partial charge in [0.25, 0.3) is 0 Å². The van der Waals surface area contributed by atoms with Crippen LogP contribution in [-0.2, 0) is 14.3 Å². The van der Waals surface area contributed by atoms with Crippen LogP contribution < -0.4 is 10.4 Å². The van der Waals surface area contributed by atoms with Crippen LogP contribution in [0, 0.1) is 0 Å². The van der Waals surface area contributed by atoms with E-state index >= 15 is 0 Å². The van der Waals surface area contributed by atoms with Crippen LogP contribution in [0.5, 0.6) is 0 Å². The van der Waals surface area contributed by atoms with Gasteiger partial charge in [0.1, 0.15) is 30.7 Å². The first-order valence-electron chi connectivity index (χ1n) is 8.50. The third-order valence-corrected chi connectivity index (χ3v) is 10.2. The van der Waals surface area contributed by atoms with E-state index in [1.54, 1.807) is 0 Å². The molecule has 0 atom stereocenters. The summed E-state index contributed by atoms with van der Waals surface area (Å²) in [4.78, 5) is 0. The molecule has 6 heteroatoms. The number of hydrogen-bond acceptors (Lipinski definition) is 2. The molecule has 0 saturated heterocycles. The molecule has 0 aliphatic rings. The minimum absolute atomic E-state index is 0.215. The van der Waals surface area contributed by atoms with Crippen molar-refractivity contribution in [1.29, 1.82) is 0 Å². The zero-order valence-corrected chi connectivity index (χ0v) is 21.5. The second kappa shape index (κ2) is 11.9. The van der Waals surface area contributed by atoms with E-state index in [0.717, 1.165) is 21.0 Å². The van der Waals surface area contributed by atoms with Gasteiger partial charge in [-0.3, -0.25) is 0 Å². The van der Waals surface area contributed by atoms with Crippen molar-refractivity contribution in [1.82, 2.24) is 0 Å². The molecule has 0 aliphatic heterocycles. The van der Waals surface area contributed by atoms with Crippen LogP contribution in [0.2, 0.25) is 0 Å². The van der Waals surface area contributed by atoms with E-state index in [1.165, 1.54) is 22.0 Å². The van der Waals surface area contributed by atoms with E-state index in [0.29, 0.717) is 0 Å². The van der Waals surface area contributed by atoms with Crippen molar-refractivity contribution in [3.8, 4) is 0 Å². The predicted octanol–water partition coefficient (Wildman–Crippen LogP) is -0.611. The second-order valence-electron chi connectivity index (χ2n) is 5.67. The lowest BCUT2D eigenvalue weighted by Crippen LogP contribution is -2.44. The summed E-state index contributed by atoms with van der Waals surface area (Å²) >= 11 is 0. The molecular formula is C19H26O2Si4. The average Bonchev–Trinajstić information content (AvgIpc) is 2.70. The van der Waals surface area contributed by atoms with Crippen LogP contribution in [0.4, 0.5) is 0 Å². The zero-order valence-electron chi connectivity index (χ0n) is 15.0. The largest absolute Gasteiger partial charge is 0.468 e. The molecule has 2 nitrogen and oxygen atoms in total. The molecule has 0 aromatic heterocycles. The molecule has 0 fully saturated rings. The average molecular weight is 399 g/mol. The van der Waals surface area contributed by atoms with Crippen molar-refractivity contribution in [2.45, 2.75) is 6.04 Å². The van der Waals surface area contributed by atoms with E-state index in [-0.39, 0.29) is 9.76 Å². The van der Waals surface area contributed by atoms with Crippen LogP contribution in [0.3, 0.4) is 0 Å². The maximum Gasteiger partial charge on any atom is 0.227 e. The highest BCUT2D eigenvalue weighted by molar-refractivity contribution is 6.81. The van der Waals surface area contributed by atoms with E-state index in [2.05, 4.69) is 72.8 Å². The normalized spacial score (nSPS) is 10.9. The summed E-state index contributed by atoms with van der Waals surface area (Å²) in [5.74, 6) is 0. The minimum Gasteiger partial charge on any atom is -0.468 e. The molecule has 0 radical (unpaired) electrons. The maximum atomic E-state index is 5.80. The molecule has 25 heavy (non-hydrogen) atoms. The van der Waals surface area contributed by atoms with Gasteiger partial charge < -0.3 is 8.23 Å². The van der Waals surface area contributed by atoms with Gasteiger partial charge in [-0.05, 0) is 22.0 Å². The third kappa shape index (κ3) is 7.07. The van der Waals surface area contributed by atoms with E-state index < -0.39 is 9.04 Å². The highest BCUT2D eigenvalue weighted by Gasteiger charge is 2.14. The lowest BCUT2D eigenvalue weighted by atomic mass is 10.2. The summed E-state index contributed by atoms with van der Waals surface area (Å²) in [5, 5.41) is 2.72. The van der Waals surface area contributed by atoms with Crippen LogP contribution in [0.25, 0.3) is 0 Å². The van der Waals surface area contributed by atoms with Crippen molar-refractivity contribution in [3.05, 3.63) is 96.6 Å². The van der Waals surface area contributed by atoms with Crippen molar-refractivity contribution in [2.24, 2.45) is 0 Å². The molecule has 130 valence electrons. The molecule has 0 heterocycles. The van der Waals surface area contributed by atoms with Gasteiger partial charge in [-0.2, -0.15) is 0 Å². The van der Waals surface area contributed by atoms with Gasteiger partial charge in [0, 0.05) is 0 Å². The minimum atomic E-state index is -1.37. The fraction of sp³-hybridized carbons (Fsp3) is 0.0526. The fourth-order valence-electron chi connectivity index (χ4n) is 2.58. The Kier molecular flexibility index (Phi) is 9.42.